The predicted molar refractivity (Wildman–Crippen MR) is 68.5 cm³/mol. The highest BCUT2D eigenvalue weighted by atomic mass is 16.4. The quantitative estimate of drug-likeness (QED) is 0.486. The first-order valence-electron chi connectivity index (χ1n) is 6.56. The second-order valence-corrected chi connectivity index (χ2v) is 4.63. The summed E-state index contributed by atoms with van der Waals surface area (Å²) in [6, 6.07) is 0.389. The number of piperidine rings is 1. The van der Waals surface area contributed by atoms with Crippen molar-refractivity contribution in [3.05, 3.63) is 0 Å². The summed E-state index contributed by atoms with van der Waals surface area (Å²) in [5.74, 6) is -1.78. The molecule has 0 saturated carbocycles. The summed E-state index contributed by atoms with van der Waals surface area (Å²) < 4.78 is 0. The molecule has 0 aromatic rings. The SMILES string of the molecule is O=C(O)CNC(=O)CNC(=O)CCC1CCCCN1. The molecular formula is C12H21N3O4. The highest BCUT2D eigenvalue weighted by molar-refractivity contribution is 5.86. The van der Waals surface area contributed by atoms with Crippen LogP contribution in [0.5, 0.6) is 0 Å². The molecule has 0 bridgehead atoms. The molecule has 1 rings (SSSR count). The van der Waals surface area contributed by atoms with Crippen LogP contribution in [0.25, 0.3) is 0 Å². The van der Waals surface area contributed by atoms with E-state index in [-0.39, 0.29) is 12.5 Å². The van der Waals surface area contributed by atoms with Crippen LogP contribution >= 0.6 is 0 Å². The van der Waals surface area contributed by atoms with E-state index in [0.29, 0.717) is 12.5 Å². The number of hydrogen-bond donors (Lipinski definition) is 4. The van der Waals surface area contributed by atoms with Crippen molar-refractivity contribution in [2.45, 2.75) is 38.1 Å². The Bertz CT molecular complexity index is 327. The van der Waals surface area contributed by atoms with Gasteiger partial charge in [-0.2, -0.15) is 0 Å². The molecule has 4 N–H and O–H groups in total. The van der Waals surface area contributed by atoms with Gasteiger partial charge in [-0.25, -0.2) is 0 Å². The molecule has 2 amide bonds. The first-order valence-corrected chi connectivity index (χ1v) is 6.56. The van der Waals surface area contributed by atoms with E-state index in [0.717, 1.165) is 19.4 Å². The zero-order valence-corrected chi connectivity index (χ0v) is 10.9. The van der Waals surface area contributed by atoms with Gasteiger partial charge >= 0.3 is 5.97 Å². The van der Waals surface area contributed by atoms with E-state index < -0.39 is 18.4 Å². The number of carbonyl (C=O) groups is 3. The lowest BCUT2D eigenvalue weighted by Crippen LogP contribution is -2.40. The van der Waals surface area contributed by atoms with Crippen LogP contribution in [0, 0.1) is 0 Å². The van der Waals surface area contributed by atoms with Crippen LogP contribution in [0.3, 0.4) is 0 Å². The predicted octanol–water partition coefficient (Wildman–Crippen LogP) is -0.774. The Morgan fingerprint density at radius 1 is 1.11 bits per heavy atom. The third kappa shape index (κ3) is 7.40. The van der Waals surface area contributed by atoms with Gasteiger partial charge < -0.3 is 21.1 Å². The van der Waals surface area contributed by atoms with Crippen LogP contribution in [-0.4, -0.2) is 48.6 Å². The normalized spacial score (nSPS) is 18.6. The van der Waals surface area contributed by atoms with Gasteiger partial charge in [-0.15, -0.1) is 0 Å². The van der Waals surface area contributed by atoms with Crippen molar-refractivity contribution < 1.29 is 19.5 Å². The fraction of sp³-hybridized carbons (Fsp3) is 0.750. The third-order valence-electron chi connectivity index (χ3n) is 3.02. The molecule has 1 unspecified atom stereocenters. The van der Waals surface area contributed by atoms with Gasteiger partial charge in [-0.3, -0.25) is 14.4 Å². The first-order chi connectivity index (χ1) is 9.08. The van der Waals surface area contributed by atoms with E-state index in [1.54, 1.807) is 0 Å². The Balaban J connectivity index is 2.06. The molecule has 108 valence electrons. The van der Waals surface area contributed by atoms with Crippen LogP contribution in [0.4, 0.5) is 0 Å². The Hall–Kier alpha value is -1.63. The molecule has 1 fully saturated rings. The molecule has 1 aliphatic rings. The average molecular weight is 271 g/mol. The lowest BCUT2D eigenvalue weighted by molar-refractivity contribution is -0.137. The molecule has 19 heavy (non-hydrogen) atoms. The number of hydrogen-bond acceptors (Lipinski definition) is 4. The number of aliphatic carboxylic acids is 1. The van der Waals surface area contributed by atoms with Gasteiger partial charge in [0.1, 0.15) is 6.54 Å². The smallest absolute Gasteiger partial charge is 0.322 e. The summed E-state index contributed by atoms with van der Waals surface area (Å²) in [6.45, 7) is 0.398. The van der Waals surface area contributed by atoms with E-state index in [4.69, 9.17) is 5.11 Å². The van der Waals surface area contributed by atoms with Crippen LogP contribution in [0.1, 0.15) is 32.1 Å². The topological polar surface area (TPSA) is 108 Å². The van der Waals surface area contributed by atoms with Gasteiger partial charge in [0.15, 0.2) is 0 Å². The van der Waals surface area contributed by atoms with Crippen LogP contribution in [-0.2, 0) is 14.4 Å². The lowest BCUT2D eigenvalue weighted by atomic mass is 10.0. The van der Waals surface area contributed by atoms with Gasteiger partial charge in [0.05, 0.1) is 6.54 Å². The fourth-order valence-corrected chi connectivity index (χ4v) is 1.98. The van der Waals surface area contributed by atoms with Crippen molar-refractivity contribution in [1.29, 1.82) is 0 Å². The average Bonchev–Trinajstić information content (AvgIpc) is 2.41. The van der Waals surface area contributed by atoms with Crippen LogP contribution in [0.15, 0.2) is 0 Å². The van der Waals surface area contributed by atoms with Crippen molar-refractivity contribution in [2.75, 3.05) is 19.6 Å². The minimum atomic E-state index is -1.11. The molecule has 1 aliphatic heterocycles. The zero-order valence-electron chi connectivity index (χ0n) is 10.9. The molecule has 0 spiro atoms. The zero-order chi connectivity index (χ0) is 14.1. The third-order valence-corrected chi connectivity index (χ3v) is 3.02. The van der Waals surface area contributed by atoms with Gasteiger partial charge in [0, 0.05) is 12.5 Å². The summed E-state index contributed by atoms with van der Waals surface area (Å²) in [5, 5.41) is 16.4. The molecule has 0 radical (unpaired) electrons. The molecule has 0 aliphatic carbocycles. The van der Waals surface area contributed by atoms with Crippen LogP contribution in [0.2, 0.25) is 0 Å². The molecule has 7 heteroatoms. The largest absolute Gasteiger partial charge is 0.480 e. The maximum absolute atomic E-state index is 11.5. The van der Waals surface area contributed by atoms with Gasteiger partial charge in [-0.1, -0.05) is 6.42 Å². The van der Waals surface area contributed by atoms with Crippen molar-refractivity contribution >= 4 is 17.8 Å². The summed E-state index contributed by atoms with van der Waals surface area (Å²) in [4.78, 5) is 32.9. The van der Waals surface area contributed by atoms with E-state index in [2.05, 4.69) is 16.0 Å². The fourth-order valence-electron chi connectivity index (χ4n) is 1.98. The Morgan fingerprint density at radius 2 is 1.84 bits per heavy atom. The number of rotatable bonds is 7. The number of carboxylic acid groups (broad SMARTS) is 1. The van der Waals surface area contributed by atoms with Crippen molar-refractivity contribution in [3.63, 3.8) is 0 Å². The Labute approximate surface area is 112 Å². The highest BCUT2D eigenvalue weighted by Crippen LogP contribution is 2.11. The number of carbonyl (C=O) groups excluding carboxylic acids is 2. The summed E-state index contributed by atoms with van der Waals surface area (Å²) in [6.07, 6.45) is 4.61. The number of carboxylic acids is 1. The maximum Gasteiger partial charge on any atom is 0.322 e. The van der Waals surface area contributed by atoms with Crippen LogP contribution < -0.4 is 16.0 Å². The van der Waals surface area contributed by atoms with Gasteiger partial charge in [0.25, 0.3) is 0 Å². The van der Waals surface area contributed by atoms with E-state index in [1.807, 2.05) is 0 Å². The Kier molecular flexibility index (Phi) is 6.88. The molecule has 1 saturated heterocycles. The summed E-state index contributed by atoms with van der Waals surface area (Å²) >= 11 is 0. The number of amides is 2. The second kappa shape index (κ2) is 8.47. The van der Waals surface area contributed by atoms with E-state index >= 15 is 0 Å². The number of nitrogens with one attached hydrogen (secondary N) is 3. The molecule has 0 aromatic heterocycles. The summed E-state index contributed by atoms with van der Waals surface area (Å²) in [5.41, 5.74) is 0. The first kappa shape index (κ1) is 15.4. The standard InChI is InChI=1S/C12H21N3O4/c16-10(5-4-9-3-1-2-6-13-9)14-7-11(17)15-8-12(18)19/h9,13H,1-8H2,(H,14,16)(H,15,17)(H,18,19). The van der Waals surface area contributed by atoms with Crippen molar-refractivity contribution in [3.8, 4) is 0 Å². The van der Waals surface area contributed by atoms with Gasteiger partial charge in [0.2, 0.25) is 11.8 Å². The maximum atomic E-state index is 11.5. The molecule has 1 heterocycles. The van der Waals surface area contributed by atoms with Crippen molar-refractivity contribution in [1.82, 2.24) is 16.0 Å². The molecule has 7 nitrogen and oxygen atoms in total. The minimum absolute atomic E-state index is 0.176. The minimum Gasteiger partial charge on any atom is -0.480 e. The Morgan fingerprint density at radius 3 is 2.47 bits per heavy atom. The van der Waals surface area contributed by atoms with E-state index in [9.17, 15) is 14.4 Å². The van der Waals surface area contributed by atoms with Gasteiger partial charge in [-0.05, 0) is 25.8 Å². The molecule has 1 atom stereocenters. The highest BCUT2D eigenvalue weighted by Gasteiger charge is 2.14. The van der Waals surface area contributed by atoms with E-state index in [1.165, 1.54) is 12.8 Å². The molecule has 0 aromatic carbocycles. The molecular weight excluding hydrogens is 250 g/mol. The summed E-state index contributed by atoms with van der Waals surface area (Å²) in [7, 11) is 0. The van der Waals surface area contributed by atoms with Crippen molar-refractivity contribution in [2.24, 2.45) is 0 Å². The monoisotopic (exact) mass is 271 g/mol. The lowest BCUT2D eigenvalue weighted by Gasteiger charge is -2.22. The second-order valence-electron chi connectivity index (χ2n) is 4.63.